The molecule has 0 aliphatic heterocycles. The van der Waals surface area contributed by atoms with Gasteiger partial charge in [-0.05, 0) is 32.1 Å². The number of hydrogen-bond acceptors (Lipinski definition) is 5. The van der Waals surface area contributed by atoms with Gasteiger partial charge in [-0.3, -0.25) is 24.0 Å². The van der Waals surface area contributed by atoms with Crippen molar-refractivity contribution >= 4 is 29.7 Å². The van der Waals surface area contributed by atoms with Gasteiger partial charge in [-0.15, -0.1) is 0 Å². The molecule has 1 unspecified atom stereocenters. The number of unbranched alkanes of at least 4 members (excludes halogenated alkanes) is 12. The number of carboxylic acid groups (broad SMARTS) is 2. The summed E-state index contributed by atoms with van der Waals surface area (Å²) in [7, 11) is 0. The number of carbonyl (C=O) groups excluding carboxylic acids is 3. The Balaban J connectivity index is 3.75. The lowest BCUT2D eigenvalue weighted by Crippen LogP contribution is -2.45. The second kappa shape index (κ2) is 23.5. The van der Waals surface area contributed by atoms with Crippen LogP contribution in [0.15, 0.2) is 0 Å². The van der Waals surface area contributed by atoms with Crippen LogP contribution in [-0.4, -0.2) is 52.5 Å². The van der Waals surface area contributed by atoms with E-state index in [0.717, 1.165) is 44.9 Å². The Hall–Kier alpha value is -2.65. The Bertz CT molecular complexity index is 700. The van der Waals surface area contributed by atoms with Gasteiger partial charge in [0.2, 0.25) is 17.7 Å². The van der Waals surface area contributed by atoms with Gasteiger partial charge in [0.15, 0.2) is 0 Å². The zero-order chi connectivity index (χ0) is 28.6. The minimum atomic E-state index is -0.873. The molecule has 0 aromatic heterocycles. The Kier molecular flexibility index (Phi) is 21.8. The monoisotopic (exact) mass is 541 g/mol. The number of amides is 3. The molecule has 3 amide bonds. The van der Waals surface area contributed by atoms with Crippen LogP contribution in [0.5, 0.6) is 0 Å². The van der Waals surface area contributed by atoms with Gasteiger partial charge in [0.1, 0.15) is 6.04 Å². The number of carbonyl (C=O) groups is 5. The van der Waals surface area contributed by atoms with Crippen molar-refractivity contribution < 1.29 is 34.2 Å². The predicted octanol–water partition coefficient (Wildman–Crippen LogP) is 4.29. The Morgan fingerprint density at radius 3 is 1.61 bits per heavy atom. The molecule has 0 saturated carbocycles. The van der Waals surface area contributed by atoms with Crippen LogP contribution in [0.3, 0.4) is 0 Å². The van der Waals surface area contributed by atoms with Crippen LogP contribution in [0, 0.1) is 5.92 Å². The molecule has 10 heteroatoms. The van der Waals surface area contributed by atoms with Gasteiger partial charge >= 0.3 is 11.9 Å². The second-order valence-corrected chi connectivity index (χ2v) is 10.3. The summed E-state index contributed by atoms with van der Waals surface area (Å²) in [6.07, 6.45) is 15.5. The van der Waals surface area contributed by atoms with E-state index in [1.165, 1.54) is 32.1 Å². The van der Waals surface area contributed by atoms with Gasteiger partial charge in [0.25, 0.3) is 0 Å². The molecule has 0 fully saturated rings. The zero-order valence-electron chi connectivity index (χ0n) is 23.3. The molecule has 38 heavy (non-hydrogen) atoms. The van der Waals surface area contributed by atoms with Crippen molar-refractivity contribution in [3.05, 3.63) is 0 Å². The first-order valence-electron chi connectivity index (χ1n) is 14.4. The fourth-order valence-electron chi connectivity index (χ4n) is 4.17. The molecule has 220 valence electrons. The van der Waals surface area contributed by atoms with Gasteiger partial charge in [-0.2, -0.15) is 0 Å². The van der Waals surface area contributed by atoms with E-state index in [9.17, 15) is 24.0 Å². The lowest BCUT2D eigenvalue weighted by atomic mass is 10.0. The van der Waals surface area contributed by atoms with Gasteiger partial charge in [0.05, 0.1) is 5.92 Å². The van der Waals surface area contributed by atoms with Crippen molar-refractivity contribution in [2.45, 2.75) is 135 Å². The molecule has 0 radical (unpaired) electrons. The first-order chi connectivity index (χ1) is 18.1. The van der Waals surface area contributed by atoms with Crippen molar-refractivity contribution in [1.82, 2.24) is 10.6 Å². The number of primary amides is 1. The van der Waals surface area contributed by atoms with Crippen molar-refractivity contribution in [2.75, 3.05) is 6.54 Å². The first kappa shape index (κ1) is 35.4. The molecular weight excluding hydrogens is 490 g/mol. The maximum atomic E-state index is 12.2. The van der Waals surface area contributed by atoms with Crippen molar-refractivity contribution in [2.24, 2.45) is 11.7 Å². The number of rotatable bonds is 26. The minimum Gasteiger partial charge on any atom is -0.481 e. The third-order valence-electron chi connectivity index (χ3n) is 6.69. The Labute approximate surface area is 227 Å². The summed E-state index contributed by atoms with van der Waals surface area (Å²) in [5.74, 6) is -3.06. The van der Waals surface area contributed by atoms with Gasteiger partial charge in [-0.25, -0.2) is 0 Å². The quantitative estimate of drug-likeness (QED) is 0.101. The maximum Gasteiger partial charge on any atom is 0.306 e. The minimum absolute atomic E-state index is 0.0735. The van der Waals surface area contributed by atoms with Gasteiger partial charge in [-0.1, -0.05) is 77.6 Å². The topological polar surface area (TPSA) is 176 Å². The summed E-state index contributed by atoms with van der Waals surface area (Å²) in [6, 6.07) is -0.873. The van der Waals surface area contributed by atoms with Crippen LogP contribution >= 0.6 is 0 Å². The van der Waals surface area contributed by atoms with Crippen LogP contribution in [0.1, 0.15) is 129 Å². The Morgan fingerprint density at radius 1 is 0.632 bits per heavy atom. The van der Waals surface area contributed by atoms with E-state index in [0.29, 0.717) is 32.2 Å². The highest BCUT2D eigenvalue weighted by Gasteiger charge is 2.19. The van der Waals surface area contributed by atoms with Crippen molar-refractivity contribution in [3.63, 3.8) is 0 Å². The fraction of sp³-hybridized carbons (Fsp3) is 0.821. The van der Waals surface area contributed by atoms with Gasteiger partial charge in [0, 0.05) is 25.8 Å². The third-order valence-corrected chi connectivity index (χ3v) is 6.69. The molecule has 0 bridgehead atoms. The Morgan fingerprint density at radius 2 is 1.13 bits per heavy atom. The smallest absolute Gasteiger partial charge is 0.306 e. The molecule has 0 aromatic carbocycles. The normalized spacial score (nSPS) is 12.4. The lowest BCUT2D eigenvalue weighted by molar-refractivity contribution is -0.141. The molecule has 0 rings (SSSR count). The number of nitrogens with one attached hydrogen (secondary N) is 2. The van der Waals surface area contributed by atoms with E-state index in [4.69, 9.17) is 15.9 Å². The van der Waals surface area contributed by atoms with E-state index in [-0.39, 0.29) is 31.1 Å². The van der Waals surface area contributed by atoms with Crippen LogP contribution in [-0.2, 0) is 24.0 Å². The largest absolute Gasteiger partial charge is 0.481 e. The maximum absolute atomic E-state index is 12.2. The second-order valence-electron chi connectivity index (χ2n) is 10.3. The summed E-state index contributed by atoms with van der Waals surface area (Å²) in [6.45, 7) is 2.09. The van der Waals surface area contributed by atoms with Crippen LogP contribution in [0.4, 0.5) is 0 Å². The molecule has 2 atom stereocenters. The van der Waals surface area contributed by atoms with Crippen LogP contribution in [0.2, 0.25) is 0 Å². The zero-order valence-corrected chi connectivity index (χ0v) is 23.3. The number of nitrogens with two attached hydrogens (primary N) is 1. The highest BCUT2D eigenvalue weighted by atomic mass is 16.4. The molecule has 0 spiro atoms. The fourth-order valence-corrected chi connectivity index (χ4v) is 4.17. The molecule has 0 saturated heterocycles. The van der Waals surface area contributed by atoms with E-state index >= 15 is 0 Å². The van der Waals surface area contributed by atoms with Crippen LogP contribution in [0.25, 0.3) is 0 Å². The summed E-state index contributed by atoms with van der Waals surface area (Å²) in [5, 5.41) is 22.8. The molecule has 0 heterocycles. The summed E-state index contributed by atoms with van der Waals surface area (Å²) in [4.78, 5) is 57.1. The summed E-state index contributed by atoms with van der Waals surface area (Å²) < 4.78 is 0. The molecule has 0 aliphatic carbocycles. The highest BCUT2D eigenvalue weighted by Crippen LogP contribution is 2.13. The van der Waals surface area contributed by atoms with Gasteiger partial charge < -0.3 is 26.6 Å². The molecule has 0 aromatic rings. The number of carboxylic acids is 2. The molecular formula is C28H51N3O7. The average Bonchev–Trinajstić information content (AvgIpc) is 2.85. The van der Waals surface area contributed by atoms with Crippen molar-refractivity contribution in [1.29, 1.82) is 0 Å². The van der Waals surface area contributed by atoms with Crippen molar-refractivity contribution in [3.8, 4) is 0 Å². The third kappa shape index (κ3) is 22.5. The van der Waals surface area contributed by atoms with E-state index in [1.54, 1.807) is 6.92 Å². The number of hydrogen-bond donors (Lipinski definition) is 5. The summed E-state index contributed by atoms with van der Waals surface area (Å²) >= 11 is 0. The average molecular weight is 542 g/mol. The van der Waals surface area contributed by atoms with E-state index in [2.05, 4.69) is 10.6 Å². The first-order valence-corrected chi connectivity index (χ1v) is 14.4. The van der Waals surface area contributed by atoms with Crippen LogP contribution < -0.4 is 16.4 Å². The molecule has 0 aliphatic rings. The van der Waals surface area contributed by atoms with E-state index < -0.39 is 29.8 Å². The van der Waals surface area contributed by atoms with E-state index in [1.807, 2.05) is 0 Å². The standard InChI is InChI=1S/C28H51N3O7/c1-22(28(37)38)16-14-15-21-30-24(32)20-19-23(27(29)36)31-25(33)17-12-10-8-6-4-2-3-5-7-9-11-13-18-26(34)35/h22-23H,2-21H2,1H3,(H2,29,36)(H,30,32)(H,31,33)(H,34,35)(H,37,38)/t22-,23?/m0/s1. The molecule has 10 nitrogen and oxygen atoms in total. The summed E-state index contributed by atoms with van der Waals surface area (Å²) in [5.41, 5.74) is 5.39. The molecule has 6 N–H and O–H groups in total. The number of aliphatic carboxylic acids is 2. The highest BCUT2D eigenvalue weighted by molar-refractivity contribution is 5.87. The SMILES string of the molecule is C[C@@H](CCCCNC(=O)CCC(NC(=O)CCCCCCCCCCCCCCC(=O)O)C(N)=O)C(=O)O. The predicted molar refractivity (Wildman–Crippen MR) is 146 cm³/mol. The lowest BCUT2D eigenvalue weighted by Gasteiger charge is -2.15.